The summed E-state index contributed by atoms with van der Waals surface area (Å²) < 4.78 is 5.27. The van der Waals surface area contributed by atoms with Crippen LogP contribution < -0.4 is 4.74 Å². The second kappa shape index (κ2) is 5.14. The lowest BCUT2D eigenvalue weighted by Crippen LogP contribution is -2.00. The monoisotopic (exact) mass is 260 g/mol. The van der Waals surface area contributed by atoms with Crippen molar-refractivity contribution in [3.05, 3.63) is 35.0 Å². The molecular weight excluding hydrogens is 244 g/mol. The maximum atomic E-state index is 11.3. The van der Waals surface area contributed by atoms with E-state index in [1.165, 1.54) is 0 Å². The standard InChI is InChI=1S/C14H16N2O3/c1-4-9-7-10(5-6-11(9)19-3)13-12(14(17)18)8(2)15-16-13/h5-7H,4H2,1-3H3,(H,15,16)(H,17,18). The van der Waals surface area contributed by atoms with Gasteiger partial charge in [0.05, 0.1) is 7.11 Å². The van der Waals surface area contributed by atoms with Crippen LogP contribution in [0.2, 0.25) is 0 Å². The van der Waals surface area contributed by atoms with E-state index in [9.17, 15) is 9.90 Å². The number of carboxylic acids is 1. The number of H-pyrrole nitrogens is 1. The van der Waals surface area contributed by atoms with E-state index in [-0.39, 0.29) is 5.56 Å². The smallest absolute Gasteiger partial charge is 0.339 e. The summed E-state index contributed by atoms with van der Waals surface area (Å²) in [5.74, 6) is -0.175. The molecule has 1 aromatic carbocycles. The molecule has 0 aliphatic heterocycles. The second-order valence-electron chi connectivity index (χ2n) is 4.26. The van der Waals surface area contributed by atoms with Crippen LogP contribution in [-0.4, -0.2) is 28.4 Å². The van der Waals surface area contributed by atoms with E-state index >= 15 is 0 Å². The summed E-state index contributed by atoms with van der Waals surface area (Å²) in [5.41, 5.74) is 3.03. The highest BCUT2D eigenvalue weighted by Gasteiger charge is 2.19. The van der Waals surface area contributed by atoms with Gasteiger partial charge in [0.25, 0.3) is 0 Å². The second-order valence-corrected chi connectivity index (χ2v) is 4.26. The molecule has 5 nitrogen and oxygen atoms in total. The average molecular weight is 260 g/mol. The van der Waals surface area contributed by atoms with Gasteiger partial charge >= 0.3 is 5.97 Å². The zero-order valence-electron chi connectivity index (χ0n) is 11.2. The number of carboxylic acid groups (broad SMARTS) is 1. The van der Waals surface area contributed by atoms with Crippen LogP contribution in [-0.2, 0) is 6.42 Å². The SMILES string of the molecule is CCc1cc(-c2n[nH]c(C)c2C(=O)O)ccc1OC. The van der Waals surface area contributed by atoms with E-state index in [0.717, 1.165) is 23.3 Å². The van der Waals surface area contributed by atoms with Crippen LogP contribution in [0, 0.1) is 6.92 Å². The molecule has 0 saturated carbocycles. The third kappa shape index (κ3) is 2.31. The molecule has 100 valence electrons. The van der Waals surface area contributed by atoms with Gasteiger partial charge < -0.3 is 9.84 Å². The highest BCUT2D eigenvalue weighted by Crippen LogP contribution is 2.29. The van der Waals surface area contributed by atoms with Gasteiger partial charge in [0.1, 0.15) is 17.0 Å². The maximum Gasteiger partial charge on any atom is 0.339 e. The first-order valence-electron chi connectivity index (χ1n) is 6.04. The number of rotatable bonds is 4. The Labute approximate surface area is 111 Å². The van der Waals surface area contributed by atoms with Crippen molar-refractivity contribution < 1.29 is 14.6 Å². The Hall–Kier alpha value is -2.30. The van der Waals surface area contributed by atoms with Crippen LogP contribution in [0.25, 0.3) is 11.3 Å². The number of carbonyl (C=O) groups is 1. The number of hydrogen-bond donors (Lipinski definition) is 2. The molecule has 0 saturated heterocycles. The number of hydrogen-bond acceptors (Lipinski definition) is 3. The summed E-state index contributed by atoms with van der Waals surface area (Å²) in [4.78, 5) is 11.3. The lowest BCUT2D eigenvalue weighted by molar-refractivity contribution is 0.0697. The molecule has 5 heteroatoms. The molecule has 2 N–H and O–H groups in total. The number of benzene rings is 1. The van der Waals surface area contributed by atoms with Gasteiger partial charge in [-0.3, -0.25) is 5.10 Å². The van der Waals surface area contributed by atoms with Gasteiger partial charge in [0.2, 0.25) is 0 Å². The molecule has 0 bridgehead atoms. The summed E-state index contributed by atoms with van der Waals surface area (Å²) in [6.45, 7) is 3.72. The molecule has 0 aliphatic carbocycles. The van der Waals surface area contributed by atoms with E-state index in [2.05, 4.69) is 10.2 Å². The average Bonchev–Trinajstić information content (AvgIpc) is 2.79. The van der Waals surface area contributed by atoms with Crippen molar-refractivity contribution >= 4 is 5.97 Å². The van der Waals surface area contributed by atoms with Crippen LogP contribution in [0.4, 0.5) is 0 Å². The van der Waals surface area contributed by atoms with Crippen molar-refractivity contribution in [2.24, 2.45) is 0 Å². The minimum Gasteiger partial charge on any atom is -0.496 e. The molecule has 0 radical (unpaired) electrons. The number of nitrogens with zero attached hydrogens (tertiary/aromatic N) is 1. The topological polar surface area (TPSA) is 75.2 Å². The summed E-state index contributed by atoms with van der Waals surface area (Å²) in [6.07, 6.45) is 0.808. The van der Waals surface area contributed by atoms with Crippen LogP contribution in [0.5, 0.6) is 5.75 Å². The fraction of sp³-hybridized carbons (Fsp3) is 0.286. The zero-order chi connectivity index (χ0) is 14.0. The van der Waals surface area contributed by atoms with Gasteiger partial charge in [-0.05, 0) is 37.1 Å². The van der Waals surface area contributed by atoms with E-state index in [4.69, 9.17) is 4.74 Å². The molecule has 0 amide bonds. The van der Waals surface area contributed by atoms with Crippen molar-refractivity contribution in [3.63, 3.8) is 0 Å². The first-order valence-corrected chi connectivity index (χ1v) is 6.04. The highest BCUT2D eigenvalue weighted by atomic mass is 16.5. The predicted octanol–water partition coefficient (Wildman–Crippen LogP) is 2.65. The molecule has 0 unspecified atom stereocenters. The predicted molar refractivity (Wildman–Crippen MR) is 71.7 cm³/mol. The lowest BCUT2D eigenvalue weighted by Gasteiger charge is -2.08. The molecule has 2 aromatic rings. The third-order valence-electron chi connectivity index (χ3n) is 3.10. The van der Waals surface area contributed by atoms with Crippen molar-refractivity contribution in [3.8, 4) is 17.0 Å². The summed E-state index contributed by atoms with van der Waals surface area (Å²) >= 11 is 0. The summed E-state index contributed by atoms with van der Waals surface area (Å²) in [7, 11) is 1.62. The first-order chi connectivity index (χ1) is 9.08. The number of aromatic carboxylic acids is 1. The fourth-order valence-corrected chi connectivity index (χ4v) is 2.10. The molecule has 0 aliphatic rings. The summed E-state index contributed by atoms with van der Waals surface area (Å²) in [6, 6.07) is 5.57. The fourth-order valence-electron chi connectivity index (χ4n) is 2.10. The summed E-state index contributed by atoms with van der Waals surface area (Å²) in [5, 5.41) is 16.1. The van der Waals surface area contributed by atoms with Crippen molar-refractivity contribution in [1.29, 1.82) is 0 Å². The quantitative estimate of drug-likeness (QED) is 0.886. The van der Waals surface area contributed by atoms with Crippen LogP contribution >= 0.6 is 0 Å². The van der Waals surface area contributed by atoms with Crippen molar-refractivity contribution in [2.45, 2.75) is 20.3 Å². The third-order valence-corrected chi connectivity index (χ3v) is 3.10. The van der Waals surface area contributed by atoms with Crippen molar-refractivity contribution in [2.75, 3.05) is 7.11 Å². The van der Waals surface area contributed by atoms with Crippen LogP contribution in [0.15, 0.2) is 18.2 Å². The molecular formula is C14H16N2O3. The first kappa shape index (κ1) is 13.1. The molecule has 1 heterocycles. The highest BCUT2D eigenvalue weighted by molar-refractivity contribution is 5.96. The Balaban J connectivity index is 2.57. The number of aromatic amines is 1. The number of methoxy groups -OCH3 is 1. The van der Waals surface area contributed by atoms with Gasteiger partial charge in [-0.2, -0.15) is 5.10 Å². The number of aromatic nitrogens is 2. The Morgan fingerprint density at radius 1 is 1.47 bits per heavy atom. The van der Waals surface area contributed by atoms with Crippen LogP contribution in [0.3, 0.4) is 0 Å². The number of ether oxygens (including phenoxy) is 1. The molecule has 0 spiro atoms. The Bertz CT molecular complexity index is 617. The normalized spacial score (nSPS) is 10.5. The lowest BCUT2D eigenvalue weighted by atomic mass is 10.0. The van der Waals surface area contributed by atoms with E-state index < -0.39 is 5.97 Å². The minimum atomic E-state index is -0.977. The van der Waals surface area contributed by atoms with Crippen molar-refractivity contribution in [1.82, 2.24) is 10.2 Å². The van der Waals surface area contributed by atoms with Gasteiger partial charge in [-0.15, -0.1) is 0 Å². The maximum absolute atomic E-state index is 11.3. The number of nitrogens with one attached hydrogen (secondary N) is 1. The Morgan fingerprint density at radius 2 is 2.21 bits per heavy atom. The largest absolute Gasteiger partial charge is 0.496 e. The number of aryl methyl sites for hydroxylation is 2. The molecule has 2 rings (SSSR count). The zero-order valence-corrected chi connectivity index (χ0v) is 11.2. The van der Waals surface area contributed by atoms with Gasteiger partial charge in [0, 0.05) is 11.3 Å². The van der Waals surface area contributed by atoms with Gasteiger partial charge in [0.15, 0.2) is 0 Å². The molecule has 1 aromatic heterocycles. The van der Waals surface area contributed by atoms with Gasteiger partial charge in [-0.25, -0.2) is 4.79 Å². The van der Waals surface area contributed by atoms with Gasteiger partial charge in [-0.1, -0.05) is 6.92 Å². The molecule has 0 fully saturated rings. The molecule has 0 atom stereocenters. The van der Waals surface area contributed by atoms with Crippen LogP contribution in [0.1, 0.15) is 28.5 Å². The van der Waals surface area contributed by atoms with E-state index in [0.29, 0.717) is 11.4 Å². The van der Waals surface area contributed by atoms with E-state index in [1.807, 2.05) is 25.1 Å². The minimum absolute atomic E-state index is 0.215. The Morgan fingerprint density at radius 3 is 2.79 bits per heavy atom. The molecule has 19 heavy (non-hydrogen) atoms. The van der Waals surface area contributed by atoms with E-state index in [1.54, 1.807) is 14.0 Å². The Kier molecular flexibility index (Phi) is 3.55.